The van der Waals surface area contributed by atoms with Crippen LogP contribution in [0.4, 0.5) is 23.1 Å². The zero-order valence-corrected chi connectivity index (χ0v) is 16.8. The van der Waals surface area contributed by atoms with E-state index in [0.29, 0.717) is 5.52 Å². The molecule has 2 aromatic rings. The quantitative estimate of drug-likeness (QED) is 0.543. The third-order valence-corrected chi connectivity index (χ3v) is 5.58. The summed E-state index contributed by atoms with van der Waals surface area (Å²) in [5.74, 6) is -2.36. The van der Waals surface area contributed by atoms with Gasteiger partial charge in [-0.2, -0.15) is 0 Å². The van der Waals surface area contributed by atoms with Crippen LogP contribution in [0.2, 0.25) is 0 Å². The van der Waals surface area contributed by atoms with Crippen molar-refractivity contribution in [2.45, 2.75) is 24.9 Å². The molecular weight excluding hydrogens is 421 g/mol. The van der Waals surface area contributed by atoms with Crippen molar-refractivity contribution in [3.05, 3.63) is 33.9 Å². The minimum atomic E-state index is -1.75. The highest BCUT2D eigenvalue weighted by Gasteiger charge is 2.36. The summed E-state index contributed by atoms with van der Waals surface area (Å²) in [5, 5.41) is 9.32. The summed E-state index contributed by atoms with van der Waals surface area (Å²) in [5.41, 5.74) is 5.28. The Hall–Kier alpha value is -2.76. The maximum Gasteiger partial charge on any atom is 0.521 e. The Morgan fingerprint density at radius 2 is 2.00 bits per heavy atom. The molecule has 1 saturated carbocycles. The summed E-state index contributed by atoms with van der Waals surface area (Å²) in [6, 6.07) is 0.632. The molecule has 2 fully saturated rings. The van der Waals surface area contributed by atoms with Crippen LogP contribution in [0.5, 0.6) is 5.75 Å². The average Bonchev–Trinajstić information content (AvgIpc) is 3.50. The molecule has 2 heterocycles. The van der Waals surface area contributed by atoms with Crippen LogP contribution in [0.15, 0.2) is 17.1 Å². The van der Waals surface area contributed by atoms with E-state index >= 15 is 4.39 Å². The van der Waals surface area contributed by atoms with E-state index < -0.39 is 49.2 Å². The van der Waals surface area contributed by atoms with E-state index in [1.165, 1.54) is 13.3 Å². The molecule has 0 bridgehead atoms. The summed E-state index contributed by atoms with van der Waals surface area (Å²) in [6.45, 7) is -0.116. The van der Waals surface area contributed by atoms with E-state index in [9.17, 15) is 27.7 Å². The molecule has 2 aliphatic rings. The van der Waals surface area contributed by atoms with E-state index in [1.54, 1.807) is 9.47 Å². The number of carboxylic acids is 1. The lowest BCUT2D eigenvalue weighted by molar-refractivity contribution is 0.0694. The molecule has 0 amide bonds. The highest BCUT2D eigenvalue weighted by molar-refractivity contribution is 6.15. The number of aromatic carboxylic acids is 1. The van der Waals surface area contributed by atoms with Crippen LogP contribution in [0.25, 0.3) is 10.9 Å². The molecular formula is C19H22BF4N3O4. The Morgan fingerprint density at radius 3 is 2.48 bits per heavy atom. The van der Waals surface area contributed by atoms with Crippen molar-refractivity contribution >= 4 is 30.4 Å². The van der Waals surface area contributed by atoms with Crippen molar-refractivity contribution < 1.29 is 32.1 Å². The third kappa shape index (κ3) is 4.21. The van der Waals surface area contributed by atoms with Gasteiger partial charge in [-0.1, -0.05) is 0 Å². The monoisotopic (exact) mass is 443 g/mol. The fraction of sp³-hybridized carbons (Fsp3) is 0.474. The fourth-order valence-corrected chi connectivity index (χ4v) is 3.97. The molecule has 2 unspecified atom stereocenters. The normalized spacial score (nSPS) is 20.4. The van der Waals surface area contributed by atoms with Gasteiger partial charge in [0.2, 0.25) is 5.43 Å². The first-order valence-electron chi connectivity index (χ1n) is 9.65. The summed E-state index contributed by atoms with van der Waals surface area (Å²) < 4.78 is 54.7. The van der Waals surface area contributed by atoms with Gasteiger partial charge in [0.15, 0.2) is 11.6 Å². The molecule has 0 spiro atoms. The number of pyridine rings is 1. The van der Waals surface area contributed by atoms with Gasteiger partial charge >= 0.3 is 13.8 Å². The zero-order valence-electron chi connectivity index (χ0n) is 16.8. The number of nitrogens with two attached hydrogens (primary N) is 1. The van der Waals surface area contributed by atoms with Gasteiger partial charge in [0.25, 0.3) is 0 Å². The first kappa shape index (κ1) is 22.9. The van der Waals surface area contributed by atoms with Crippen molar-refractivity contribution in [1.82, 2.24) is 4.57 Å². The second-order valence-electron chi connectivity index (χ2n) is 7.54. The highest BCUT2D eigenvalue weighted by Crippen LogP contribution is 2.44. The van der Waals surface area contributed by atoms with E-state index in [2.05, 4.69) is 0 Å². The molecule has 7 nitrogen and oxygen atoms in total. The highest BCUT2D eigenvalue weighted by atomic mass is 19.2. The first-order valence-corrected chi connectivity index (χ1v) is 9.65. The summed E-state index contributed by atoms with van der Waals surface area (Å²) in [4.78, 5) is 25.8. The molecule has 31 heavy (non-hydrogen) atoms. The van der Waals surface area contributed by atoms with E-state index in [0.717, 1.165) is 18.9 Å². The smallest absolute Gasteiger partial charge is 0.492 e. The standard InChI is InChI=1S/C19H21F2N3O4.BF2H/c1-28-18-15-11(17(25)12(19(26)27)7-24(15)10-2-3-10)4-13(21)16(18)23-6-9(5-20)14(22)8-23;2-1-3/h4,7,9-10,14H,2-3,5-6,8,22H2,1H3,(H,26,27);1H. The number of anilines is 1. The third-order valence-electron chi connectivity index (χ3n) is 5.58. The first-order chi connectivity index (χ1) is 14.8. The number of ether oxygens (including phenoxy) is 1. The largest absolute Gasteiger partial charge is 0.521 e. The van der Waals surface area contributed by atoms with E-state index in [-0.39, 0.29) is 36.0 Å². The van der Waals surface area contributed by atoms with Crippen LogP contribution in [0, 0.1) is 11.7 Å². The molecule has 3 N–H and O–H groups in total. The SMILES string of the molecule is COc1c(N2CC(N)C(CF)C2)c(F)cc2c(=O)c(C(=O)O)cn(C3CC3)c12.FBF. The fourth-order valence-electron chi connectivity index (χ4n) is 3.97. The number of carboxylic acid groups (broad SMARTS) is 1. The number of hydrogen-bond donors (Lipinski definition) is 2. The van der Waals surface area contributed by atoms with Gasteiger partial charge in [-0.15, -0.1) is 0 Å². The summed E-state index contributed by atoms with van der Waals surface area (Å²) >= 11 is 0. The van der Waals surface area contributed by atoms with E-state index in [4.69, 9.17) is 10.5 Å². The molecule has 12 heteroatoms. The molecule has 1 aromatic heterocycles. The number of aromatic nitrogens is 1. The van der Waals surface area contributed by atoms with Crippen LogP contribution < -0.4 is 20.8 Å². The van der Waals surface area contributed by atoms with Gasteiger partial charge in [-0.3, -0.25) is 17.8 Å². The minimum absolute atomic E-state index is 0.0211. The molecule has 168 valence electrons. The van der Waals surface area contributed by atoms with Crippen molar-refractivity contribution in [1.29, 1.82) is 0 Å². The number of hydrogen-bond acceptors (Lipinski definition) is 5. The maximum absolute atomic E-state index is 15.1. The molecule has 1 aliphatic carbocycles. The average molecular weight is 443 g/mol. The predicted octanol–water partition coefficient (Wildman–Crippen LogP) is 2.11. The van der Waals surface area contributed by atoms with Crippen LogP contribution in [0.3, 0.4) is 0 Å². The number of halogens is 4. The molecule has 4 rings (SSSR count). The molecule has 0 radical (unpaired) electrons. The number of carbonyl (C=O) groups is 1. The lowest BCUT2D eigenvalue weighted by Gasteiger charge is -2.24. The molecule has 1 aliphatic heterocycles. The van der Waals surface area contributed by atoms with Gasteiger partial charge in [-0.25, -0.2) is 9.18 Å². The number of alkyl halides is 1. The second-order valence-corrected chi connectivity index (χ2v) is 7.54. The Morgan fingerprint density at radius 1 is 1.35 bits per heavy atom. The van der Waals surface area contributed by atoms with Crippen LogP contribution in [-0.2, 0) is 0 Å². The Balaban J connectivity index is 0.000000858. The second kappa shape index (κ2) is 9.17. The van der Waals surface area contributed by atoms with Crippen LogP contribution in [-0.4, -0.2) is 56.4 Å². The number of nitrogens with zero attached hydrogens (tertiary/aromatic N) is 2. The van der Waals surface area contributed by atoms with Crippen LogP contribution in [0.1, 0.15) is 29.2 Å². The molecule has 1 aromatic carbocycles. The Bertz CT molecular complexity index is 1050. The Labute approximate surface area is 175 Å². The van der Waals surface area contributed by atoms with Crippen LogP contribution >= 0.6 is 0 Å². The minimum Gasteiger partial charge on any atom is -0.492 e. The number of rotatable bonds is 5. The van der Waals surface area contributed by atoms with Gasteiger partial charge in [-0.05, 0) is 18.9 Å². The number of fused-ring (bicyclic) bond motifs is 1. The van der Waals surface area contributed by atoms with Crippen molar-refractivity contribution in [3.63, 3.8) is 0 Å². The number of benzene rings is 1. The summed E-state index contributed by atoms with van der Waals surface area (Å²) in [6.07, 6.45) is 2.95. The van der Waals surface area contributed by atoms with Gasteiger partial charge < -0.3 is 25.0 Å². The van der Waals surface area contributed by atoms with Gasteiger partial charge in [0.05, 0.1) is 24.7 Å². The number of methoxy groups -OCH3 is 1. The molecule has 2 atom stereocenters. The van der Waals surface area contributed by atoms with Gasteiger partial charge in [0.1, 0.15) is 11.3 Å². The maximum atomic E-state index is 15.1. The van der Waals surface area contributed by atoms with Crippen molar-refractivity contribution in [2.24, 2.45) is 11.7 Å². The topological polar surface area (TPSA) is 97.8 Å². The lowest BCUT2D eigenvalue weighted by atomic mass is 10.1. The predicted molar refractivity (Wildman–Crippen MR) is 109 cm³/mol. The lowest BCUT2D eigenvalue weighted by Crippen LogP contribution is -2.30. The van der Waals surface area contributed by atoms with Crippen molar-refractivity contribution in [2.75, 3.05) is 31.8 Å². The van der Waals surface area contributed by atoms with Gasteiger partial charge in [0, 0.05) is 37.3 Å². The van der Waals surface area contributed by atoms with Crippen molar-refractivity contribution in [3.8, 4) is 5.75 Å². The molecule has 1 saturated heterocycles. The zero-order chi connectivity index (χ0) is 22.9. The van der Waals surface area contributed by atoms with E-state index in [1.807, 2.05) is 0 Å². The summed E-state index contributed by atoms with van der Waals surface area (Å²) in [7, 11) is -0.382. The Kier molecular flexibility index (Phi) is 6.78.